The Morgan fingerprint density at radius 3 is 2.27 bits per heavy atom. The van der Waals surface area contributed by atoms with Gasteiger partial charge in [0.25, 0.3) is 0 Å². The number of rotatable bonds is 8. The van der Waals surface area contributed by atoms with Crippen LogP contribution in [0.4, 0.5) is 0 Å². The fourth-order valence-corrected chi connectivity index (χ4v) is 2.64. The second kappa shape index (κ2) is 10.2. The van der Waals surface area contributed by atoms with Gasteiger partial charge in [0.05, 0.1) is 13.0 Å². The smallest absolute Gasteiger partial charge is 0.310 e. The monoisotopic (exact) mass is 351 g/mol. The standard InChI is InChI=1S/C22H25NO3/c1-18(22(25)26-2)17-23(16-15-20-11-7-4-8-12-20)21(24)14-13-19-9-5-3-6-10-19/h3-14,18H,15-17H2,1-2H3/b14-13+. The molecule has 0 heterocycles. The van der Waals surface area contributed by atoms with Crippen LogP contribution in [0.15, 0.2) is 66.7 Å². The van der Waals surface area contributed by atoms with Crippen molar-refractivity contribution >= 4 is 18.0 Å². The summed E-state index contributed by atoms with van der Waals surface area (Å²) in [5, 5.41) is 0. The fourth-order valence-electron chi connectivity index (χ4n) is 2.64. The Labute approximate surface area is 155 Å². The van der Waals surface area contributed by atoms with Crippen LogP contribution < -0.4 is 0 Å². The summed E-state index contributed by atoms with van der Waals surface area (Å²) in [7, 11) is 1.37. The number of carbonyl (C=O) groups excluding carboxylic acids is 2. The molecule has 136 valence electrons. The Morgan fingerprint density at radius 1 is 1.04 bits per heavy atom. The molecule has 1 amide bonds. The van der Waals surface area contributed by atoms with Crippen molar-refractivity contribution in [2.75, 3.05) is 20.2 Å². The lowest BCUT2D eigenvalue weighted by molar-refractivity contribution is -0.146. The van der Waals surface area contributed by atoms with Crippen molar-refractivity contribution in [3.8, 4) is 0 Å². The lowest BCUT2D eigenvalue weighted by atomic mass is 10.1. The Kier molecular flexibility index (Phi) is 7.62. The molecule has 4 heteroatoms. The maximum absolute atomic E-state index is 12.7. The molecule has 0 bridgehead atoms. The molecule has 0 aromatic heterocycles. The molecule has 0 aliphatic carbocycles. The summed E-state index contributed by atoms with van der Waals surface area (Å²) in [6.45, 7) is 2.65. The molecule has 0 radical (unpaired) electrons. The first-order chi connectivity index (χ1) is 12.6. The minimum atomic E-state index is -0.371. The number of hydrogen-bond acceptors (Lipinski definition) is 3. The van der Waals surface area contributed by atoms with Crippen LogP contribution in [0.2, 0.25) is 0 Å². The van der Waals surface area contributed by atoms with Gasteiger partial charge in [0.15, 0.2) is 0 Å². The van der Waals surface area contributed by atoms with Crippen molar-refractivity contribution in [3.05, 3.63) is 77.9 Å². The molecule has 4 nitrogen and oxygen atoms in total. The lowest BCUT2D eigenvalue weighted by Crippen LogP contribution is -2.37. The van der Waals surface area contributed by atoms with E-state index in [0.717, 1.165) is 17.5 Å². The van der Waals surface area contributed by atoms with Gasteiger partial charge >= 0.3 is 5.97 Å². The van der Waals surface area contributed by atoms with Crippen molar-refractivity contribution in [1.82, 2.24) is 4.90 Å². The van der Waals surface area contributed by atoms with Gasteiger partial charge in [-0.25, -0.2) is 0 Å². The van der Waals surface area contributed by atoms with Crippen LogP contribution in [0, 0.1) is 5.92 Å². The number of methoxy groups -OCH3 is 1. The normalized spacial score (nSPS) is 11.9. The average Bonchev–Trinajstić information content (AvgIpc) is 2.70. The van der Waals surface area contributed by atoms with Crippen LogP contribution >= 0.6 is 0 Å². The van der Waals surface area contributed by atoms with Gasteiger partial charge in [0.1, 0.15) is 0 Å². The minimum Gasteiger partial charge on any atom is -0.469 e. The van der Waals surface area contributed by atoms with E-state index in [1.165, 1.54) is 7.11 Å². The zero-order valence-electron chi connectivity index (χ0n) is 15.3. The predicted octanol–water partition coefficient (Wildman–Crippen LogP) is 3.58. The average molecular weight is 351 g/mol. The van der Waals surface area contributed by atoms with E-state index < -0.39 is 0 Å². The van der Waals surface area contributed by atoms with E-state index >= 15 is 0 Å². The first-order valence-electron chi connectivity index (χ1n) is 8.74. The van der Waals surface area contributed by atoms with Crippen LogP contribution in [-0.4, -0.2) is 37.0 Å². The number of nitrogens with zero attached hydrogens (tertiary/aromatic N) is 1. The number of amides is 1. The second-order valence-electron chi connectivity index (χ2n) is 6.19. The van der Waals surface area contributed by atoms with Gasteiger partial charge in [-0.2, -0.15) is 0 Å². The van der Waals surface area contributed by atoms with Crippen LogP contribution in [0.1, 0.15) is 18.1 Å². The van der Waals surface area contributed by atoms with E-state index in [0.29, 0.717) is 13.1 Å². The van der Waals surface area contributed by atoms with E-state index in [1.807, 2.05) is 60.7 Å². The molecule has 2 aromatic rings. The van der Waals surface area contributed by atoms with Crippen molar-refractivity contribution in [1.29, 1.82) is 0 Å². The zero-order chi connectivity index (χ0) is 18.8. The summed E-state index contributed by atoms with van der Waals surface area (Å²) in [6.07, 6.45) is 4.09. The number of benzene rings is 2. The first kappa shape index (κ1) is 19.4. The molecule has 1 unspecified atom stereocenters. The van der Waals surface area contributed by atoms with Gasteiger partial charge in [0.2, 0.25) is 5.91 Å². The SMILES string of the molecule is COC(=O)C(C)CN(CCc1ccccc1)C(=O)/C=C/c1ccccc1. The lowest BCUT2D eigenvalue weighted by Gasteiger charge is -2.24. The maximum Gasteiger partial charge on any atom is 0.310 e. The molecule has 0 N–H and O–H groups in total. The Morgan fingerprint density at radius 2 is 1.65 bits per heavy atom. The molecule has 0 saturated carbocycles. The van der Waals surface area contributed by atoms with Crippen molar-refractivity contribution in [2.24, 2.45) is 5.92 Å². The van der Waals surface area contributed by atoms with Crippen molar-refractivity contribution in [3.63, 3.8) is 0 Å². The van der Waals surface area contributed by atoms with Crippen molar-refractivity contribution < 1.29 is 14.3 Å². The van der Waals surface area contributed by atoms with Gasteiger partial charge in [-0.1, -0.05) is 67.6 Å². The Balaban J connectivity index is 2.06. The predicted molar refractivity (Wildman–Crippen MR) is 103 cm³/mol. The summed E-state index contributed by atoms with van der Waals surface area (Å²) in [5.74, 6) is -0.792. The first-order valence-corrected chi connectivity index (χ1v) is 8.74. The molecule has 0 spiro atoms. The highest BCUT2D eigenvalue weighted by atomic mass is 16.5. The van der Waals surface area contributed by atoms with E-state index in [4.69, 9.17) is 4.74 Å². The summed E-state index contributed by atoms with van der Waals surface area (Å²) in [5.41, 5.74) is 2.12. The molecule has 0 aliphatic rings. The molecule has 0 aliphatic heterocycles. The number of ether oxygens (including phenoxy) is 1. The topological polar surface area (TPSA) is 46.6 Å². The zero-order valence-corrected chi connectivity index (χ0v) is 15.3. The summed E-state index contributed by atoms with van der Waals surface area (Å²) in [6, 6.07) is 19.7. The molecule has 0 fully saturated rings. The van der Waals surface area contributed by atoms with Gasteiger partial charge in [0, 0.05) is 19.2 Å². The Hall–Kier alpha value is -2.88. The van der Waals surface area contributed by atoms with Crippen LogP contribution in [0.25, 0.3) is 6.08 Å². The second-order valence-corrected chi connectivity index (χ2v) is 6.19. The third-order valence-corrected chi connectivity index (χ3v) is 4.14. The quantitative estimate of drug-likeness (QED) is 0.539. The van der Waals surface area contributed by atoms with E-state index in [-0.39, 0.29) is 17.8 Å². The van der Waals surface area contributed by atoms with Gasteiger partial charge in [-0.3, -0.25) is 9.59 Å². The highest BCUT2D eigenvalue weighted by Crippen LogP contribution is 2.08. The molecule has 2 aromatic carbocycles. The summed E-state index contributed by atoms with van der Waals surface area (Å²) < 4.78 is 4.79. The highest BCUT2D eigenvalue weighted by molar-refractivity contribution is 5.92. The third kappa shape index (κ3) is 6.20. The number of hydrogen-bond donors (Lipinski definition) is 0. The van der Waals surface area contributed by atoms with E-state index in [2.05, 4.69) is 0 Å². The van der Waals surface area contributed by atoms with Crippen molar-refractivity contribution in [2.45, 2.75) is 13.3 Å². The van der Waals surface area contributed by atoms with Gasteiger partial charge in [-0.15, -0.1) is 0 Å². The Bertz CT molecular complexity index is 726. The minimum absolute atomic E-state index is 0.111. The largest absolute Gasteiger partial charge is 0.469 e. The molecular formula is C22H25NO3. The molecule has 2 rings (SSSR count). The van der Waals surface area contributed by atoms with Crippen LogP contribution in [0.5, 0.6) is 0 Å². The summed E-state index contributed by atoms with van der Waals surface area (Å²) in [4.78, 5) is 26.1. The third-order valence-electron chi connectivity index (χ3n) is 4.14. The van der Waals surface area contributed by atoms with Gasteiger partial charge < -0.3 is 9.64 Å². The molecule has 26 heavy (non-hydrogen) atoms. The van der Waals surface area contributed by atoms with Gasteiger partial charge in [-0.05, 0) is 23.6 Å². The van der Waals surface area contributed by atoms with Crippen LogP contribution in [-0.2, 0) is 20.7 Å². The number of esters is 1. The molecule has 0 saturated heterocycles. The van der Waals surface area contributed by atoms with E-state index in [1.54, 1.807) is 24.0 Å². The van der Waals surface area contributed by atoms with E-state index in [9.17, 15) is 9.59 Å². The van der Waals surface area contributed by atoms with Crippen LogP contribution in [0.3, 0.4) is 0 Å². The number of carbonyl (C=O) groups is 2. The maximum atomic E-state index is 12.7. The molecular weight excluding hydrogens is 326 g/mol. The summed E-state index contributed by atoms with van der Waals surface area (Å²) >= 11 is 0. The highest BCUT2D eigenvalue weighted by Gasteiger charge is 2.20. The molecule has 1 atom stereocenters. The fraction of sp³-hybridized carbons (Fsp3) is 0.273.